The average molecular weight is 325 g/mol. The van der Waals surface area contributed by atoms with Gasteiger partial charge < -0.3 is 9.80 Å². The van der Waals surface area contributed by atoms with Crippen LogP contribution in [0.4, 0.5) is 0 Å². The molecule has 0 aliphatic rings. The molecular formula is C12H24N2S4. The lowest BCUT2D eigenvalue weighted by Crippen LogP contribution is -2.41. The summed E-state index contributed by atoms with van der Waals surface area (Å²) in [6, 6.07) is 0.471. The van der Waals surface area contributed by atoms with E-state index in [-0.39, 0.29) is 0 Å². The Hall–Kier alpha value is 0.480. The van der Waals surface area contributed by atoms with Crippen LogP contribution in [0.25, 0.3) is 0 Å². The van der Waals surface area contributed by atoms with E-state index in [9.17, 15) is 0 Å². The van der Waals surface area contributed by atoms with E-state index in [2.05, 4.69) is 39.6 Å². The predicted octanol–water partition coefficient (Wildman–Crippen LogP) is 4.11. The topological polar surface area (TPSA) is 6.48 Å². The molecule has 18 heavy (non-hydrogen) atoms. The molecule has 0 heterocycles. The first-order chi connectivity index (χ1) is 8.18. The minimum Gasteiger partial charge on any atom is -0.363 e. The maximum atomic E-state index is 5.49. The first-order valence-corrected chi connectivity index (χ1v) is 8.97. The first kappa shape index (κ1) is 18.5. The third-order valence-corrected chi connectivity index (χ3v) is 6.66. The third-order valence-electron chi connectivity index (χ3n) is 2.65. The van der Waals surface area contributed by atoms with Gasteiger partial charge in [0.2, 0.25) is 0 Å². The lowest BCUT2D eigenvalue weighted by atomic mass is 9.92. The fourth-order valence-electron chi connectivity index (χ4n) is 1.99. The summed E-state index contributed by atoms with van der Waals surface area (Å²) in [6.45, 7) is 8.97. The van der Waals surface area contributed by atoms with Gasteiger partial charge in [0.05, 0.1) is 0 Å². The fraction of sp³-hybridized carbons (Fsp3) is 0.833. The number of hydrogen-bond acceptors (Lipinski definition) is 4. The highest BCUT2D eigenvalue weighted by molar-refractivity contribution is 8.89. The highest BCUT2D eigenvalue weighted by Gasteiger charge is 2.24. The molecule has 0 aliphatic carbocycles. The van der Waals surface area contributed by atoms with Gasteiger partial charge in [-0.05, 0) is 33.4 Å². The molecule has 106 valence electrons. The summed E-state index contributed by atoms with van der Waals surface area (Å²) in [5.41, 5.74) is 0. The zero-order chi connectivity index (χ0) is 14.5. The van der Waals surface area contributed by atoms with Crippen LogP contribution in [0.1, 0.15) is 27.7 Å². The Balaban J connectivity index is 4.45. The highest BCUT2D eigenvalue weighted by atomic mass is 33.1. The van der Waals surface area contributed by atoms with Gasteiger partial charge >= 0.3 is 0 Å². The molecule has 0 fully saturated rings. The normalized spacial score (nSPS) is 11.2. The maximum absolute atomic E-state index is 5.49. The predicted molar refractivity (Wildman–Crippen MR) is 95.3 cm³/mol. The minimum atomic E-state index is 0.471. The number of thiocarbonyl (C=S) groups is 2. The van der Waals surface area contributed by atoms with E-state index in [0.717, 1.165) is 8.64 Å². The Morgan fingerprint density at radius 3 is 1.56 bits per heavy atom. The molecule has 0 bridgehead atoms. The van der Waals surface area contributed by atoms with Gasteiger partial charge in [0.1, 0.15) is 8.64 Å². The second-order valence-electron chi connectivity index (χ2n) is 5.18. The summed E-state index contributed by atoms with van der Waals surface area (Å²) in [7, 11) is 9.12. The summed E-state index contributed by atoms with van der Waals surface area (Å²) >= 11 is 10.7. The van der Waals surface area contributed by atoms with Crippen LogP contribution < -0.4 is 0 Å². The summed E-state index contributed by atoms with van der Waals surface area (Å²) in [5, 5.41) is 0. The number of hydrogen-bond donors (Lipinski definition) is 0. The molecule has 0 saturated heterocycles. The van der Waals surface area contributed by atoms with Crippen LogP contribution in [-0.4, -0.2) is 45.6 Å². The van der Waals surface area contributed by atoms with Crippen molar-refractivity contribution in [1.29, 1.82) is 0 Å². The van der Waals surface area contributed by atoms with Crippen molar-refractivity contribution >= 4 is 54.7 Å². The molecule has 2 nitrogen and oxygen atoms in total. The van der Waals surface area contributed by atoms with E-state index in [1.807, 2.05) is 19.0 Å². The summed E-state index contributed by atoms with van der Waals surface area (Å²) in [4.78, 5) is 4.14. The molecule has 0 atom stereocenters. The van der Waals surface area contributed by atoms with Gasteiger partial charge in [0.15, 0.2) is 0 Å². The Morgan fingerprint density at radius 1 is 0.833 bits per heavy atom. The van der Waals surface area contributed by atoms with Crippen molar-refractivity contribution in [3.8, 4) is 0 Å². The fourth-order valence-corrected chi connectivity index (χ4v) is 4.48. The third kappa shape index (κ3) is 6.08. The smallest absolute Gasteiger partial charge is 0.147 e. The highest BCUT2D eigenvalue weighted by Crippen LogP contribution is 2.30. The average Bonchev–Trinajstić information content (AvgIpc) is 2.23. The molecule has 0 aromatic rings. The van der Waals surface area contributed by atoms with Gasteiger partial charge in [0.25, 0.3) is 0 Å². The molecule has 0 N–H and O–H groups in total. The quantitative estimate of drug-likeness (QED) is 0.565. The zero-order valence-electron chi connectivity index (χ0n) is 12.3. The van der Waals surface area contributed by atoms with Gasteiger partial charge in [-0.25, -0.2) is 0 Å². The van der Waals surface area contributed by atoms with E-state index >= 15 is 0 Å². The maximum Gasteiger partial charge on any atom is 0.147 e. The Kier molecular flexibility index (Phi) is 8.84. The summed E-state index contributed by atoms with van der Waals surface area (Å²) in [5.74, 6) is 1.17. The van der Waals surface area contributed by atoms with E-state index in [1.165, 1.54) is 0 Å². The Morgan fingerprint density at radius 2 is 1.22 bits per heavy atom. The molecule has 0 saturated carbocycles. The Bertz CT molecular complexity index is 282. The van der Waals surface area contributed by atoms with Crippen LogP contribution >= 0.6 is 46.0 Å². The van der Waals surface area contributed by atoms with Crippen LogP contribution in [-0.2, 0) is 0 Å². The molecule has 0 aliphatic heterocycles. The standard InChI is InChI=1S/C12H24N2S4/c1-8(2)10(9(3)4)14(7)12(16)18-17-11(15)13(5)6/h8-10H,1-7H3. The van der Waals surface area contributed by atoms with Crippen molar-refractivity contribution in [2.45, 2.75) is 33.7 Å². The monoisotopic (exact) mass is 324 g/mol. The molecule has 0 unspecified atom stereocenters. The lowest BCUT2D eigenvalue weighted by molar-refractivity contribution is 0.227. The summed E-state index contributed by atoms with van der Waals surface area (Å²) < 4.78 is 1.75. The van der Waals surface area contributed by atoms with Crippen molar-refractivity contribution < 1.29 is 0 Å². The first-order valence-electron chi connectivity index (χ1n) is 6.01. The van der Waals surface area contributed by atoms with E-state index in [4.69, 9.17) is 24.4 Å². The van der Waals surface area contributed by atoms with E-state index in [0.29, 0.717) is 17.9 Å². The largest absolute Gasteiger partial charge is 0.363 e. The van der Waals surface area contributed by atoms with Crippen LogP contribution in [0.5, 0.6) is 0 Å². The van der Waals surface area contributed by atoms with Gasteiger partial charge in [-0.1, -0.05) is 52.1 Å². The van der Waals surface area contributed by atoms with E-state index < -0.39 is 0 Å². The van der Waals surface area contributed by atoms with Crippen LogP contribution in [0, 0.1) is 11.8 Å². The van der Waals surface area contributed by atoms with Crippen molar-refractivity contribution in [3.63, 3.8) is 0 Å². The van der Waals surface area contributed by atoms with Crippen LogP contribution in [0.2, 0.25) is 0 Å². The summed E-state index contributed by atoms with van der Waals surface area (Å²) in [6.07, 6.45) is 0. The van der Waals surface area contributed by atoms with Gasteiger partial charge in [-0.3, -0.25) is 0 Å². The van der Waals surface area contributed by atoms with Gasteiger partial charge in [-0.15, -0.1) is 0 Å². The minimum absolute atomic E-state index is 0.471. The molecule has 0 rings (SSSR count). The molecule has 0 spiro atoms. The second-order valence-corrected chi connectivity index (χ2v) is 8.58. The molecule has 0 aromatic carbocycles. The molecule has 0 aromatic heterocycles. The van der Waals surface area contributed by atoms with Crippen LogP contribution in [0.3, 0.4) is 0 Å². The molecule has 0 radical (unpaired) electrons. The second kappa shape index (κ2) is 8.61. The molecular weight excluding hydrogens is 300 g/mol. The van der Waals surface area contributed by atoms with Crippen LogP contribution in [0.15, 0.2) is 0 Å². The lowest BCUT2D eigenvalue weighted by Gasteiger charge is -2.35. The Labute approximate surface area is 131 Å². The van der Waals surface area contributed by atoms with Gasteiger partial charge in [0, 0.05) is 27.2 Å². The SMILES string of the molecule is CC(C)C(C(C)C)N(C)C(=S)SSC(=S)N(C)C. The van der Waals surface area contributed by atoms with Crippen molar-refractivity contribution in [3.05, 3.63) is 0 Å². The molecule has 0 amide bonds. The molecule has 6 heteroatoms. The van der Waals surface area contributed by atoms with Crippen molar-refractivity contribution in [1.82, 2.24) is 9.80 Å². The van der Waals surface area contributed by atoms with Crippen molar-refractivity contribution in [2.75, 3.05) is 21.1 Å². The zero-order valence-corrected chi connectivity index (χ0v) is 15.5. The number of nitrogens with zero attached hydrogens (tertiary/aromatic N) is 2. The van der Waals surface area contributed by atoms with Gasteiger partial charge in [-0.2, -0.15) is 0 Å². The number of rotatable bonds is 3. The van der Waals surface area contributed by atoms with Crippen molar-refractivity contribution in [2.24, 2.45) is 11.8 Å². The van der Waals surface area contributed by atoms with E-state index in [1.54, 1.807) is 21.6 Å².